The van der Waals surface area contributed by atoms with E-state index in [0.29, 0.717) is 41.2 Å². The zero-order chi connectivity index (χ0) is 18.2. The third-order valence-corrected chi connectivity index (χ3v) is 4.00. The summed E-state index contributed by atoms with van der Waals surface area (Å²) in [6, 6.07) is 3.16. The summed E-state index contributed by atoms with van der Waals surface area (Å²) in [5.74, 6) is 0.982. The van der Waals surface area contributed by atoms with Gasteiger partial charge in [-0.1, -0.05) is 0 Å². The third-order valence-electron chi connectivity index (χ3n) is 4.00. The van der Waals surface area contributed by atoms with E-state index < -0.39 is 12.7 Å². The Balaban J connectivity index is 1.81. The molecule has 0 radical (unpaired) electrons. The molecule has 0 unspecified atom stereocenters. The van der Waals surface area contributed by atoms with Gasteiger partial charge in [-0.25, -0.2) is 4.98 Å². The van der Waals surface area contributed by atoms with Gasteiger partial charge in [0.15, 0.2) is 11.5 Å². The van der Waals surface area contributed by atoms with E-state index in [2.05, 4.69) is 9.97 Å². The van der Waals surface area contributed by atoms with E-state index in [1.54, 1.807) is 19.1 Å². The average Bonchev–Trinajstić information content (AvgIpc) is 2.92. The zero-order valence-electron chi connectivity index (χ0n) is 13.8. The highest BCUT2D eigenvalue weighted by molar-refractivity contribution is 5.86. The minimum Gasteiger partial charge on any atom is -0.493 e. The van der Waals surface area contributed by atoms with Crippen LogP contribution in [0.5, 0.6) is 17.4 Å². The lowest BCUT2D eigenvalue weighted by Gasteiger charge is -2.19. The van der Waals surface area contributed by atoms with Crippen molar-refractivity contribution >= 4 is 10.9 Å². The minimum absolute atomic E-state index is 0.178. The number of aromatic hydroxyl groups is 1. The molecule has 0 saturated carbocycles. The van der Waals surface area contributed by atoms with Crippen LogP contribution in [0.4, 0.5) is 13.2 Å². The zero-order valence-corrected chi connectivity index (χ0v) is 13.8. The van der Waals surface area contributed by atoms with Gasteiger partial charge in [0.2, 0.25) is 5.88 Å². The second-order valence-corrected chi connectivity index (χ2v) is 5.99. The van der Waals surface area contributed by atoms with Crippen molar-refractivity contribution in [3.05, 3.63) is 18.0 Å². The number of hydrogen-bond donors (Lipinski definition) is 1. The fourth-order valence-electron chi connectivity index (χ4n) is 2.96. The van der Waals surface area contributed by atoms with Crippen LogP contribution in [0, 0.1) is 6.92 Å². The van der Waals surface area contributed by atoms with Crippen molar-refractivity contribution < 1.29 is 27.8 Å². The third kappa shape index (κ3) is 4.04. The first-order valence-electron chi connectivity index (χ1n) is 7.76. The number of nitrogens with zero attached hydrogens (tertiary/aromatic N) is 3. The van der Waals surface area contributed by atoms with E-state index in [4.69, 9.17) is 9.47 Å². The topological polar surface area (TPSA) is 67.7 Å². The smallest absolute Gasteiger partial charge is 0.401 e. The number of fused-ring (bicyclic) bond motifs is 1. The highest BCUT2D eigenvalue weighted by atomic mass is 19.4. The van der Waals surface area contributed by atoms with E-state index in [1.807, 2.05) is 0 Å². The van der Waals surface area contributed by atoms with Crippen molar-refractivity contribution in [1.82, 2.24) is 14.9 Å². The van der Waals surface area contributed by atoms with Crippen molar-refractivity contribution in [2.24, 2.45) is 0 Å². The Morgan fingerprint density at radius 3 is 2.72 bits per heavy atom. The van der Waals surface area contributed by atoms with E-state index in [1.165, 1.54) is 12.0 Å². The van der Waals surface area contributed by atoms with Gasteiger partial charge in [-0.2, -0.15) is 18.2 Å². The van der Waals surface area contributed by atoms with Crippen LogP contribution in [-0.4, -0.2) is 59.0 Å². The van der Waals surface area contributed by atoms with Crippen molar-refractivity contribution in [2.75, 3.05) is 26.7 Å². The molecule has 136 valence electrons. The maximum absolute atomic E-state index is 12.5. The van der Waals surface area contributed by atoms with Gasteiger partial charge < -0.3 is 14.6 Å². The predicted octanol–water partition coefficient (Wildman–Crippen LogP) is 2.67. The minimum atomic E-state index is -4.23. The number of rotatable bonds is 4. The van der Waals surface area contributed by atoms with Crippen LogP contribution in [-0.2, 0) is 0 Å². The van der Waals surface area contributed by atoms with Gasteiger partial charge in [0, 0.05) is 19.2 Å². The van der Waals surface area contributed by atoms with Crippen molar-refractivity contribution in [1.29, 1.82) is 0 Å². The Hall–Kier alpha value is -2.29. The van der Waals surface area contributed by atoms with Crippen LogP contribution in [0.15, 0.2) is 12.1 Å². The van der Waals surface area contributed by atoms with Gasteiger partial charge in [0.1, 0.15) is 11.9 Å². The first-order valence-corrected chi connectivity index (χ1v) is 7.76. The molecule has 1 aliphatic rings. The molecule has 0 bridgehead atoms. The summed E-state index contributed by atoms with van der Waals surface area (Å²) in [6.45, 7) is 1.20. The van der Waals surface area contributed by atoms with Gasteiger partial charge in [-0.05, 0) is 19.4 Å². The van der Waals surface area contributed by atoms with Crippen LogP contribution >= 0.6 is 0 Å². The lowest BCUT2D eigenvalue weighted by molar-refractivity contribution is -0.144. The number of halogens is 3. The average molecular weight is 357 g/mol. The molecule has 1 atom stereocenters. The Morgan fingerprint density at radius 1 is 1.28 bits per heavy atom. The van der Waals surface area contributed by atoms with Gasteiger partial charge in [0.05, 0.1) is 24.6 Å². The number of aromatic nitrogens is 2. The highest BCUT2D eigenvalue weighted by Gasteiger charge is 2.35. The molecule has 6 nitrogen and oxygen atoms in total. The number of hydrogen-bond acceptors (Lipinski definition) is 6. The van der Waals surface area contributed by atoms with Gasteiger partial charge in [-0.15, -0.1) is 0 Å². The maximum Gasteiger partial charge on any atom is 0.401 e. The summed E-state index contributed by atoms with van der Waals surface area (Å²) in [4.78, 5) is 9.44. The van der Waals surface area contributed by atoms with E-state index in [9.17, 15) is 18.3 Å². The predicted molar refractivity (Wildman–Crippen MR) is 84.0 cm³/mol. The SMILES string of the molecule is COc1cc2nc(C)nc(O)c2cc1O[C@H]1CCN(CC(F)(F)F)C1. The molecule has 0 spiro atoms. The monoisotopic (exact) mass is 357 g/mol. The molecular formula is C16H18F3N3O3. The van der Waals surface area contributed by atoms with Gasteiger partial charge >= 0.3 is 6.18 Å². The quantitative estimate of drug-likeness (QED) is 0.907. The normalized spacial score (nSPS) is 18.7. The lowest BCUT2D eigenvalue weighted by Crippen LogP contribution is -2.33. The summed E-state index contributed by atoms with van der Waals surface area (Å²) in [6.07, 6.45) is -4.13. The second kappa shape index (κ2) is 6.55. The standard InChI is InChI=1S/C16H18F3N3O3/c1-9-20-12-6-13(24-2)14(5-11(12)15(23)21-9)25-10-3-4-22(7-10)8-16(17,18)19/h5-6,10H,3-4,7-8H2,1-2H3,(H,20,21,23)/t10-/m0/s1. The summed E-state index contributed by atoms with van der Waals surface area (Å²) < 4.78 is 48.6. The number of likely N-dealkylation sites (tertiary alicyclic amines) is 1. The molecule has 9 heteroatoms. The molecular weight excluding hydrogens is 339 g/mol. The van der Waals surface area contributed by atoms with Crippen molar-refractivity contribution in [2.45, 2.75) is 25.6 Å². The van der Waals surface area contributed by atoms with E-state index in [-0.39, 0.29) is 18.5 Å². The van der Waals surface area contributed by atoms with Crippen LogP contribution < -0.4 is 9.47 Å². The molecule has 1 aliphatic heterocycles. The van der Waals surface area contributed by atoms with Crippen LogP contribution in [0.2, 0.25) is 0 Å². The first kappa shape index (κ1) is 17.5. The second-order valence-electron chi connectivity index (χ2n) is 5.99. The Bertz CT molecular complexity index is 783. The highest BCUT2D eigenvalue weighted by Crippen LogP contribution is 2.36. The molecule has 0 aliphatic carbocycles. The molecule has 1 N–H and O–H groups in total. The molecule has 3 rings (SSSR count). The van der Waals surface area contributed by atoms with Crippen LogP contribution in [0.3, 0.4) is 0 Å². The lowest BCUT2D eigenvalue weighted by atomic mass is 10.2. The molecule has 25 heavy (non-hydrogen) atoms. The first-order chi connectivity index (χ1) is 11.7. The van der Waals surface area contributed by atoms with Crippen molar-refractivity contribution in [3.63, 3.8) is 0 Å². The number of methoxy groups -OCH3 is 1. The number of benzene rings is 1. The number of ether oxygens (including phenoxy) is 2. The molecule has 0 amide bonds. The molecule has 1 aromatic carbocycles. The summed E-state index contributed by atoms with van der Waals surface area (Å²) in [5.41, 5.74) is 0.499. The van der Waals surface area contributed by atoms with Crippen LogP contribution in [0.1, 0.15) is 12.2 Å². The Morgan fingerprint density at radius 2 is 2.04 bits per heavy atom. The summed E-state index contributed by atoms with van der Waals surface area (Å²) >= 11 is 0. The van der Waals surface area contributed by atoms with Gasteiger partial charge in [-0.3, -0.25) is 4.90 Å². The van der Waals surface area contributed by atoms with Crippen LogP contribution in [0.25, 0.3) is 10.9 Å². The summed E-state index contributed by atoms with van der Waals surface area (Å²) in [7, 11) is 1.46. The summed E-state index contributed by atoms with van der Waals surface area (Å²) in [5, 5.41) is 10.4. The fourth-order valence-corrected chi connectivity index (χ4v) is 2.96. The maximum atomic E-state index is 12.5. The number of aryl methyl sites for hydroxylation is 1. The largest absolute Gasteiger partial charge is 0.493 e. The number of alkyl halides is 3. The Labute approximate surface area is 142 Å². The fraction of sp³-hybridized carbons (Fsp3) is 0.500. The molecule has 1 fully saturated rings. The van der Waals surface area contributed by atoms with Gasteiger partial charge in [0.25, 0.3) is 0 Å². The Kier molecular flexibility index (Phi) is 4.59. The molecule has 2 heterocycles. The molecule has 1 saturated heterocycles. The van der Waals surface area contributed by atoms with E-state index >= 15 is 0 Å². The van der Waals surface area contributed by atoms with Crippen molar-refractivity contribution in [3.8, 4) is 17.4 Å². The molecule has 2 aromatic rings. The molecule has 1 aromatic heterocycles. The van der Waals surface area contributed by atoms with E-state index in [0.717, 1.165) is 0 Å².